The van der Waals surface area contributed by atoms with Crippen molar-refractivity contribution in [1.29, 1.82) is 0 Å². The molecule has 3 rings (SSSR count). The Morgan fingerprint density at radius 1 is 1.26 bits per heavy atom. The van der Waals surface area contributed by atoms with Gasteiger partial charge in [-0.1, -0.05) is 35.9 Å². The van der Waals surface area contributed by atoms with Gasteiger partial charge in [-0.15, -0.1) is 0 Å². The quantitative estimate of drug-likeness (QED) is 0.641. The second-order valence-corrected chi connectivity index (χ2v) is 6.07. The first-order valence-corrected chi connectivity index (χ1v) is 8.18. The summed E-state index contributed by atoms with van der Waals surface area (Å²) in [7, 11) is 1.64. The number of hydrogen-bond acceptors (Lipinski definition) is 5. The van der Waals surface area contributed by atoms with Crippen molar-refractivity contribution in [3.8, 4) is 11.1 Å². The molecular formula is C16H15ClFN3OS. The number of guanidine groups is 1. The standard InChI is InChI=1S/C16H15ClFN3OS/c1-22-9-8-19-16-20-15-11(5-3-7-13(15)23-21-16)10-4-2-6-12(17)14(10)18/h2-7H,8-9H2,1H3,(H2,19,20,21). The molecule has 0 radical (unpaired) electrons. The molecule has 0 aromatic heterocycles. The average Bonchev–Trinajstić information content (AvgIpc) is 2.57. The van der Waals surface area contributed by atoms with Gasteiger partial charge in [-0.05, 0) is 12.1 Å². The Morgan fingerprint density at radius 2 is 2.04 bits per heavy atom. The van der Waals surface area contributed by atoms with Crippen LogP contribution in [0, 0.1) is 5.82 Å². The van der Waals surface area contributed by atoms with E-state index in [1.807, 2.05) is 18.2 Å². The maximum atomic E-state index is 14.4. The number of benzene rings is 2. The third-order valence-corrected chi connectivity index (χ3v) is 4.45. The zero-order valence-corrected chi connectivity index (χ0v) is 14.0. The largest absolute Gasteiger partial charge is 0.383 e. The number of ether oxygens (including phenoxy) is 1. The zero-order valence-electron chi connectivity index (χ0n) is 12.4. The number of fused-ring (bicyclic) bond motifs is 1. The van der Waals surface area contributed by atoms with Crippen LogP contribution in [0.15, 0.2) is 45.7 Å². The van der Waals surface area contributed by atoms with Crippen molar-refractivity contribution < 1.29 is 9.13 Å². The molecule has 0 bridgehead atoms. The molecule has 2 aromatic carbocycles. The number of rotatable bonds is 4. The number of nitrogens with one attached hydrogen (secondary N) is 2. The van der Waals surface area contributed by atoms with Gasteiger partial charge >= 0.3 is 0 Å². The number of hydrogen-bond donors (Lipinski definition) is 2. The summed E-state index contributed by atoms with van der Waals surface area (Å²) in [6.45, 7) is 1.20. The lowest BCUT2D eigenvalue weighted by molar-refractivity contribution is 0.204. The van der Waals surface area contributed by atoms with Crippen LogP contribution in [-0.4, -0.2) is 26.2 Å². The fourth-order valence-electron chi connectivity index (χ4n) is 2.26. The summed E-state index contributed by atoms with van der Waals surface area (Å²) in [5, 5.41) is 6.47. The van der Waals surface area contributed by atoms with Crippen molar-refractivity contribution >= 4 is 35.2 Å². The van der Waals surface area contributed by atoms with E-state index in [-0.39, 0.29) is 5.02 Å². The third kappa shape index (κ3) is 3.44. The fraction of sp³-hybridized carbons (Fsp3) is 0.188. The molecule has 4 nitrogen and oxygen atoms in total. The third-order valence-electron chi connectivity index (χ3n) is 3.35. The summed E-state index contributed by atoms with van der Waals surface area (Å²) >= 11 is 7.25. The topological polar surface area (TPSA) is 45.6 Å². The average molecular weight is 352 g/mol. The monoisotopic (exact) mass is 351 g/mol. The Morgan fingerprint density at radius 3 is 2.87 bits per heavy atom. The van der Waals surface area contributed by atoms with Crippen molar-refractivity contribution in [1.82, 2.24) is 5.32 Å². The first-order valence-electron chi connectivity index (χ1n) is 7.03. The Bertz CT molecular complexity index is 754. The Balaban J connectivity index is 1.93. The highest BCUT2D eigenvalue weighted by atomic mass is 35.5. The lowest BCUT2D eigenvalue weighted by Gasteiger charge is -2.21. The first kappa shape index (κ1) is 16.1. The van der Waals surface area contributed by atoms with E-state index < -0.39 is 5.82 Å². The van der Waals surface area contributed by atoms with E-state index >= 15 is 0 Å². The fourth-order valence-corrected chi connectivity index (χ4v) is 3.12. The van der Waals surface area contributed by atoms with E-state index in [1.54, 1.807) is 19.2 Å². The minimum Gasteiger partial charge on any atom is -0.383 e. The molecule has 120 valence electrons. The zero-order chi connectivity index (χ0) is 16.2. The van der Waals surface area contributed by atoms with Crippen molar-refractivity contribution in [2.75, 3.05) is 25.6 Å². The summed E-state index contributed by atoms with van der Waals surface area (Å²) < 4.78 is 23.7. The molecular weight excluding hydrogens is 337 g/mol. The second-order valence-electron chi connectivity index (χ2n) is 4.86. The van der Waals surface area contributed by atoms with Gasteiger partial charge < -0.3 is 15.4 Å². The molecule has 7 heteroatoms. The van der Waals surface area contributed by atoms with Crippen LogP contribution in [0.2, 0.25) is 5.02 Å². The van der Waals surface area contributed by atoms with Crippen LogP contribution in [0.25, 0.3) is 11.1 Å². The van der Waals surface area contributed by atoms with Crippen LogP contribution in [0.1, 0.15) is 0 Å². The van der Waals surface area contributed by atoms with Gasteiger partial charge in [0.2, 0.25) is 5.96 Å². The van der Waals surface area contributed by atoms with Gasteiger partial charge in [-0.3, -0.25) is 0 Å². The predicted molar refractivity (Wildman–Crippen MR) is 93.6 cm³/mol. The lowest BCUT2D eigenvalue weighted by atomic mass is 10.0. The van der Waals surface area contributed by atoms with Crippen molar-refractivity contribution in [2.24, 2.45) is 4.40 Å². The number of anilines is 1. The number of halogens is 2. The molecule has 1 heterocycles. The Hall–Kier alpha value is -1.76. The molecule has 0 fully saturated rings. The van der Waals surface area contributed by atoms with Gasteiger partial charge in [-0.25, -0.2) is 4.39 Å². The molecule has 0 saturated heterocycles. The van der Waals surface area contributed by atoms with Crippen LogP contribution in [0.4, 0.5) is 10.1 Å². The Kier molecular flexibility index (Phi) is 5.05. The molecule has 0 saturated carbocycles. The molecule has 2 N–H and O–H groups in total. The number of methoxy groups -OCH3 is 1. The number of nitrogens with zero attached hydrogens (tertiary/aromatic N) is 1. The van der Waals surface area contributed by atoms with Gasteiger partial charge in [0.15, 0.2) is 0 Å². The van der Waals surface area contributed by atoms with Crippen molar-refractivity contribution in [2.45, 2.75) is 4.90 Å². The van der Waals surface area contributed by atoms with E-state index in [9.17, 15) is 4.39 Å². The van der Waals surface area contributed by atoms with Crippen molar-refractivity contribution in [3.05, 3.63) is 47.2 Å². The van der Waals surface area contributed by atoms with Crippen LogP contribution in [-0.2, 0) is 4.74 Å². The van der Waals surface area contributed by atoms with Crippen LogP contribution >= 0.6 is 23.5 Å². The summed E-state index contributed by atoms with van der Waals surface area (Å²) in [4.78, 5) is 0.930. The maximum Gasteiger partial charge on any atom is 0.208 e. The van der Waals surface area contributed by atoms with Gasteiger partial charge in [0.05, 0.1) is 22.2 Å². The molecule has 2 aromatic rings. The maximum absolute atomic E-state index is 14.4. The van der Waals surface area contributed by atoms with Crippen molar-refractivity contribution in [3.63, 3.8) is 0 Å². The SMILES string of the molecule is COCCNC1=NSc2cccc(-c3cccc(Cl)c3F)c2N1. The van der Waals surface area contributed by atoms with E-state index in [0.29, 0.717) is 24.7 Å². The molecule has 1 aliphatic rings. The van der Waals surface area contributed by atoms with Gasteiger partial charge in [0.25, 0.3) is 0 Å². The Labute approximate surface area is 143 Å². The highest BCUT2D eigenvalue weighted by Crippen LogP contribution is 2.40. The normalized spacial score (nSPS) is 13.1. The summed E-state index contributed by atoms with van der Waals surface area (Å²) in [6.07, 6.45) is 0. The van der Waals surface area contributed by atoms with Crippen LogP contribution in [0.5, 0.6) is 0 Å². The summed E-state index contributed by atoms with van der Waals surface area (Å²) in [5.74, 6) is 0.195. The molecule has 0 unspecified atom stereocenters. The highest BCUT2D eigenvalue weighted by molar-refractivity contribution is 7.98. The molecule has 0 aliphatic carbocycles. The van der Waals surface area contributed by atoms with E-state index in [1.165, 1.54) is 18.0 Å². The highest BCUT2D eigenvalue weighted by Gasteiger charge is 2.19. The van der Waals surface area contributed by atoms with E-state index in [0.717, 1.165) is 16.1 Å². The molecule has 0 spiro atoms. The van der Waals surface area contributed by atoms with Crippen LogP contribution < -0.4 is 10.6 Å². The molecule has 0 atom stereocenters. The van der Waals surface area contributed by atoms with E-state index in [2.05, 4.69) is 15.0 Å². The second kappa shape index (κ2) is 7.21. The summed E-state index contributed by atoms with van der Waals surface area (Å²) in [5.41, 5.74) is 2.02. The molecule has 23 heavy (non-hydrogen) atoms. The molecule has 1 aliphatic heterocycles. The van der Waals surface area contributed by atoms with Gasteiger partial charge in [0.1, 0.15) is 5.82 Å². The number of para-hydroxylation sites is 1. The smallest absolute Gasteiger partial charge is 0.208 e. The lowest BCUT2D eigenvalue weighted by Crippen LogP contribution is -2.34. The summed E-state index contributed by atoms with van der Waals surface area (Å²) in [6, 6.07) is 10.7. The first-order chi connectivity index (χ1) is 11.2. The van der Waals surface area contributed by atoms with E-state index in [4.69, 9.17) is 16.3 Å². The van der Waals surface area contributed by atoms with Gasteiger partial charge in [-0.2, -0.15) is 4.40 Å². The van der Waals surface area contributed by atoms with Crippen LogP contribution in [0.3, 0.4) is 0 Å². The minimum atomic E-state index is -0.425. The molecule has 0 amide bonds. The van der Waals surface area contributed by atoms with Gasteiger partial charge in [0, 0.05) is 36.7 Å². The predicted octanol–water partition coefficient (Wildman–Crippen LogP) is 4.17. The minimum absolute atomic E-state index is 0.107.